The Bertz CT molecular complexity index is 488. The molecule has 0 saturated heterocycles. The highest BCUT2D eigenvalue weighted by Crippen LogP contribution is 2.39. The molecule has 1 aliphatic rings. The third kappa shape index (κ3) is 2.42. The summed E-state index contributed by atoms with van der Waals surface area (Å²) in [5.74, 6) is 1.87. The summed E-state index contributed by atoms with van der Waals surface area (Å²) in [6, 6.07) is 4.14. The van der Waals surface area contributed by atoms with E-state index in [1.807, 2.05) is 6.08 Å². The van der Waals surface area contributed by atoms with Gasteiger partial charge in [0.05, 0.1) is 7.11 Å². The van der Waals surface area contributed by atoms with Crippen LogP contribution in [0.15, 0.2) is 36.9 Å². The fraction of sp³-hybridized carbons (Fsp3) is 0.375. The van der Waals surface area contributed by atoms with Crippen molar-refractivity contribution in [3.63, 3.8) is 0 Å². The van der Waals surface area contributed by atoms with Gasteiger partial charge < -0.3 is 9.47 Å². The lowest BCUT2D eigenvalue weighted by molar-refractivity contribution is 0.113. The SMILES string of the molecule is C=C/C=C/[C@]1(C)CCc2c(OC)cc(C)cc2O1. The Balaban J connectivity index is 2.37. The molecule has 1 heterocycles. The lowest BCUT2D eigenvalue weighted by Crippen LogP contribution is -2.34. The quantitative estimate of drug-likeness (QED) is 0.752. The molecule has 0 amide bonds. The second-order valence-corrected chi connectivity index (χ2v) is 4.95. The van der Waals surface area contributed by atoms with Crippen LogP contribution >= 0.6 is 0 Å². The number of benzene rings is 1. The number of rotatable bonds is 3. The predicted octanol–water partition coefficient (Wildman–Crippen LogP) is 3.83. The molecule has 1 aromatic carbocycles. The number of methoxy groups -OCH3 is 1. The predicted molar refractivity (Wildman–Crippen MR) is 74.4 cm³/mol. The molecule has 96 valence electrons. The number of aryl methyl sites for hydroxylation is 1. The fourth-order valence-electron chi connectivity index (χ4n) is 2.33. The van der Waals surface area contributed by atoms with Crippen LogP contribution in [-0.2, 0) is 6.42 Å². The van der Waals surface area contributed by atoms with Gasteiger partial charge in [0.15, 0.2) is 0 Å². The van der Waals surface area contributed by atoms with E-state index in [1.54, 1.807) is 13.2 Å². The van der Waals surface area contributed by atoms with E-state index < -0.39 is 0 Å². The van der Waals surface area contributed by atoms with Crippen molar-refractivity contribution in [3.8, 4) is 11.5 Å². The highest BCUT2D eigenvalue weighted by atomic mass is 16.5. The maximum atomic E-state index is 6.13. The van der Waals surface area contributed by atoms with Crippen LogP contribution in [0.4, 0.5) is 0 Å². The highest BCUT2D eigenvalue weighted by molar-refractivity contribution is 5.49. The van der Waals surface area contributed by atoms with Crippen molar-refractivity contribution >= 4 is 0 Å². The minimum Gasteiger partial charge on any atom is -0.496 e. The van der Waals surface area contributed by atoms with E-state index >= 15 is 0 Å². The van der Waals surface area contributed by atoms with Crippen LogP contribution in [-0.4, -0.2) is 12.7 Å². The maximum Gasteiger partial charge on any atom is 0.127 e. The zero-order valence-electron chi connectivity index (χ0n) is 11.3. The van der Waals surface area contributed by atoms with E-state index in [4.69, 9.17) is 9.47 Å². The van der Waals surface area contributed by atoms with Gasteiger partial charge in [0.2, 0.25) is 0 Å². The van der Waals surface area contributed by atoms with Crippen LogP contribution in [0, 0.1) is 6.92 Å². The van der Waals surface area contributed by atoms with Crippen molar-refractivity contribution in [3.05, 3.63) is 48.1 Å². The van der Waals surface area contributed by atoms with Crippen molar-refractivity contribution in [1.29, 1.82) is 0 Å². The molecule has 0 N–H and O–H groups in total. The standard InChI is InChI=1S/C16H20O2/c1-5-6-8-16(3)9-7-13-14(17-4)10-12(2)11-15(13)18-16/h5-6,8,10-11H,1,7,9H2,2-4H3/b8-6+/t16-/m1/s1. The van der Waals surface area contributed by atoms with Crippen LogP contribution in [0.3, 0.4) is 0 Å². The highest BCUT2D eigenvalue weighted by Gasteiger charge is 2.30. The topological polar surface area (TPSA) is 18.5 Å². The normalized spacial score (nSPS) is 22.4. The Morgan fingerprint density at radius 3 is 2.89 bits per heavy atom. The van der Waals surface area contributed by atoms with Crippen molar-refractivity contribution in [2.24, 2.45) is 0 Å². The van der Waals surface area contributed by atoms with Gasteiger partial charge in [-0.15, -0.1) is 0 Å². The minimum absolute atomic E-state index is 0.250. The van der Waals surface area contributed by atoms with Gasteiger partial charge in [0, 0.05) is 5.56 Å². The summed E-state index contributed by atoms with van der Waals surface area (Å²) in [7, 11) is 1.71. The minimum atomic E-state index is -0.250. The average Bonchev–Trinajstić information content (AvgIpc) is 2.35. The molecule has 0 aliphatic carbocycles. The van der Waals surface area contributed by atoms with E-state index in [0.717, 1.165) is 29.9 Å². The Labute approximate surface area is 109 Å². The fourth-order valence-corrected chi connectivity index (χ4v) is 2.33. The first-order chi connectivity index (χ1) is 8.58. The van der Waals surface area contributed by atoms with E-state index in [2.05, 4.69) is 38.6 Å². The van der Waals surface area contributed by atoms with Crippen molar-refractivity contribution in [2.75, 3.05) is 7.11 Å². The summed E-state index contributed by atoms with van der Waals surface area (Å²) in [4.78, 5) is 0. The molecule has 2 heteroatoms. The van der Waals surface area contributed by atoms with Gasteiger partial charge in [-0.2, -0.15) is 0 Å². The summed E-state index contributed by atoms with van der Waals surface area (Å²) < 4.78 is 11.6. The average molecular weight is 244 g/mol. The summed E-state index contributed by atoms with van der Waals surface area (Å²) in [6.45, 7) is 7.85. The summed E-state index contributed by atoms with van der Waals surface area (Å²) in [5.41, 5.74) is 2.08. The van der Waals surface area contributed by atoms with Crippen LogP contribution in [0.5, 0.6) is 11.5 Å². The molecular formula is C16H20O2. The largest absolute Gasteiger partial charge is 0.496 e. The first-order valence-electron chi connectivity index (χ1n) is 6.25. The Morgan fingerprint density at radius 1 is 1.44 bits per heavy atom. The molecule has 1 aromatic rings. The lowest BCUT2D eigenvalue weighted by Gasteiger charge is -2.34. The molecule has 0 bridgehead atoms. The second-order valence-electron chi connectivity index (χ2n) is 4.95. The third-order valence-corrected chi connectivity index (χ3v) is 3.33. The van der Waals surface area contributed by atoms with Crippen LogP contribution in [0.25, 0.3) is 0 Å². The van der Waals surface area contributed by atoms with Gasteiger partial charge >= 0.3 is 0 Å². The van der Waals surface area contributed by atoms with Gasteiger partial charge in [-0.1, -0.05) is 18.7 Å². The van der Waals surface area contributed by atoms with Crippen molar-refractivity contribution < 1.29 is 9.47 Å². The molecule has 0 unspecified atom stereocenters. The third-order valence-electron chi connectivity index (χ3n) is 3.33. The maximum absolute atomic E-state index is 6.13. The molecule has 2 rings (SSSR count). The smallest absolute Gasteiger partial charge is 0.127 e. The molecule has 1 atom stereocenters. The van der Waals surface area contributed by atoms with Crippen molar-refractivity contribution in [1.82, 2.24) is 0 Å². The Kier molecular flexibility index (Phi) is 3.46. The Morgan fingerprint density at radius 2 is 2.22 bits per heavy atom. The molecule has 0 spiro atoms. The molecule has 2 nitrogen and oxygen atoms in total. The molecule has 0 saturated carbocycles. The van der Waals surface area contributed by atoms with Gasteiger partial charge in [-0.05, 0) is 50.5 Å². The molecule has 1 aliphatic heterocycles. The van der Waals surface area contributed by atoms with E-state index in [9.17, 15) is 0 Å². The van der Waals surface area contributed by atoms with Crippen LogP contribution in [0.1, 0.15) is 24.5 Å². The Hall–Kier alpha value is -1.70. The van der Waals surface area contributed by atoms with Gasteiger partial charge in [0.25, 0.3) is 0 Å². The summed E-state index contributed by atoms with van der Waals surface area (Å²) >= 11 is 0. The first kappa shape index (κ1) is 12.7. The summed E-state index contributed by atoms with van der Waals surface area (Å²) in [5, 5.41) is 0. The van der Waals surface area contributed by atoms with Gasteiger partial charge in [0.1, 0.15) is 17.1 Å². The number of hydrogen-bond acceptors (Lipinski definition) is 2. The second kappa shape index (κ2) is 4.89. The van der Waals surface area contributed by atoms with Crippen LogP contribution < -0.4 is 9.47 Å². The molecule has 0 radical (unpaired) electrons. The van der Waals surface area contributed by atoms with Gasteiger partial charge in [-0.3, -0.25) is 0 Å². The number of ether oxygens (including phenoxy) is 2. The molecule has 0 aromatic heterocycles. The van der Waals surface area contributed by atoms with Crippen molar-refractivity contribution in [2.45, 2.75) is 32.3 Å². The molecule has 0 fully saturated rings. The zero-order valence-corrected chi connectivity index (χ0v) is 11.3. The monoisotopic (exact) mass is 244 g/mol. The lowest BCUT2D eigenvalue weighted by atomic mass is 9.91. The number of fused-ring (bicyclic) bond motifs is 1. The van der Waals surface area contributed by atoms with E-state index in [0.29, 0.717) is 0 Å². The first-order valence-corrected chi connectivity index (χ1v) is 6.25. The molecule has 18 heavy (non-hydrogen) atoms. The zero-order chi connectivity index (χ0) is 13.2. The number of allylic oxidation sites excluding steroid dienone is 2. The van der Waals surface area contributed by atoms with E-state index in [1.165, 1.54) is 5.56 Å². The number of hydrogen-bond donors (Lipinski definition) is 0. The van der Waals surface area contributed by atoms with Gasteiger partial charge in [-0.25, -0.2) is 0 Å². The summed E-state index contributed by atoms with van der Waals surface area (Å²) in [6.07, 6.45) is 7.71. The molecular weight excluding hydrogens is 224 g/mol. The van der Waals surface area contributed by atoms with Crippen LogP contribution in [0.2, 0.25) is 0 Å². The van der Waals surface area contributed by atoms with E-state index in [-0.39, 0.29) is 5.60 Å².